The molecule has 1 aliphatic heterocycles. The van der Waals surface area contributed by atoms with E-state index >= 15 is 0 Å². The standard InChI is InChI=1S/C20H25ClN4O6S2/c1-4-9-32(27,28)20-22-10-17(21)18(24-20)19(26)23-15-5-7-16(8-6-15)33(29,30)25-11-13(2)31-14(3)12-25/h5-8,10,13-14H,4,9,11-12H2,1-3H3,(H,23,26). The van der Waals surface area contributed by atoms with E-state index in [2.05, 4.69) is 15.3 Å². The van der Waals surface area contributed by atoms with Crippen LogP contribution < -0.4 is 5.32 Å². The average Bonchev–Trinajstić information content (AvgIpc) is 2.73. The topological polar surface area (TPSA) is 136 Å². The summed E-state index contributed by atoms with van der Waals surface area (Å²) < 4.78 is 57.3. The van der Waals surface area contributed by atoms with Crippen LogP contribution in [0.1, 0.15) is 37.7 Å². The highest BCUT2D eigenvalue weighted by Gasteiger charge is 2.32. The van der Waals surface area contributed by atoms with E-state index in [1.807, 2.05) is 13.8 Å². The molecule has 3 rings (SSSR count). The van der Waals surface area contributed by atoms with Gasteiger partial charge < -0.3 is 10.1 Å². The zero-order valence-corrected chi connectivity index (χ0v) is 20.7. The number of rotatable bonds is 7. The number of amides is 1. The van der Waals surface area contributed by atoms with Gasteiger partial charge in [0.1, 0.15) is 0 Å². The maximum absolute atomic E-state index is 13.0. The molecule has 1 aliphatic rings. The zero-order chi connectivity index (χ0) is 24.4. The molecule has 1 fully saturated rings. The smallest absolute Gasteiger partial charge is 0.275 e. The number of halogens is 1. The maximum atomic E-state index is 13.0. The Balaban J connectivity index is 1.78. The Morgan fingerprint density at radius 2 is 1.76 bits per heavy atom. The molecule has 2 atom stereocenters. The van der Waals surface area contributed by atoms with Gasteiger partial charge in [-0.25, -0.2) is 26.8 Å². The van der Waals surface area contributed by atoms with Gasteiger partial charge in [-0.2, -0.15) is 4.31 Å². The quantitative estimate of drug-likeness (QED) is 0.554. The molecular formula is C20H25ClN4O6S2. The van der Waals surface area contributed by atoms with E-state index < -0.39 is 30.9 Å². The molecule has 1 amide bonds. The fourth-order valence-electron chi connectivity index (χ4n) is 3.40. The molecule has 0 bridgehead atoms. The lowest BCUT2D eigenvalue weighted by Gasteiger charge is -2.34. The number of morpholine rings is 1. The maximum Gasteiger partial charge on any atom is 0.275 e. The number of anilines is 1. The van der Waals surface area contributed by atoms with Crippen LogP contribution in [-0.4, -0.2) is 68.1 Å². The molecule has 180 valence electrons. The summed E-state index contributed by atoms with van der Waals surface area (Å²) in [5, 5.41) is 1.95. The highest BCUT2D eigenvalue weighted by molar-refractivity contribution is 7.91. The first-order valence-electron chi connectivity index (χ1n) is 10.3. The van der Waals surface area contributed by atoms with E-state index in [0.717, 1.165) is 6.20 Å². The van der Waals surface area contributed by atoms with Crippen molar-refractivity contribution in [2.45, 2.75) is 49.5 Å². The molecule has 2 heterocycles. The molecule has 1 N–H and O–H groups in total. The minimum Gasteiger partial charge on any atom is -0.373 e. The monoisotopic (exact) mass is 516 g/mol. The molecule has 1 aromatic carbocycles. The molecular weight excluding hydrogens is 492 g/mol. The second-order valence-corrected chi connectivity index (χ2v) is 12.1. The van der Waals surface area contributed by atoms with Crippen molar-refractivity contribution in [1.82, 2.24) is 14.3 Å². The van der Waals surface area contributed by atoms with Gasteiger partial charge in [0.2, 0.25) is 25.0 Å². The number of nitrogens with zero attached hydrogens (tertiary/aromatic N) is 3. The molecule has 33 heavy (non-hydrogen) atoms. The summed E-state index contributed by atoms with van der Waals surface area (Å²) in [6, 6.07) is 5.63. The van der Waals surface area contributed by atoms with E-state index in [9.17, 15) is 21.6 Å². The third kappa shape index (κ3) is 5.87. The van der Waals surface area contributed by atoms with Crippen LogP contribution >= 0.6 is 11.6 Å². The first kappa shape index (κ1) is 25.5. The van der Waals surface area contributed by atoms with Crippen molar-refractivity contribution < 1.29 is 26.4 Å². The number of hydrogen-bond acceptors (Lipinski definition) is 8. The number of carbonyl (C=O) groups is 1. The molecule has 2 aromatic rings. The summed E-state index contributed by atoms with van der Waals surface area (Å²) in [4.78, 5) is 20.3. The van der Waals surface area contributed by atoms with E-state index in [1.54, 1.807) is 6.92 Å². The van der Waals surface area contributed by atoms with Crippen molar-refractivity contribution in [2.24, 2.45) is 0 Å². The second-order valence-electron chi connectivity index (χ2n) is 7.73. The van der Waals surface area contributed by atoms with Crippen LogP contribution in [0.3, 0.4) is 0 Å². The fourth-order valence-corrected chi connectivity index (χ4v) is 6.33. The van der Waals surface area contributed by atoms with Crippen molar-refractivity contribution in [2.75, 3.05) is 24.2 Å². The predicted octanol–water partition coefficient (Wildman–Crippen LogP) is 2.36. The Kier molecular flexibility index (Phi) is 7.74. The van der Waals surface area contributed by atoms with Crippen molar-refractivity contribution in [3.63, 3.8) is 0 Å². The molecule has 1 aromatic heterocycles. The Labute approximate surface area is 198 Å². The van der Waals surface area contributed by atoms with Gasteiger partial charge in [-0.3, -0.25) is 4.79 Å². The minimum atomic E-state index is -3.74. The van der Waals surface area contributed by atoms with Crippen molar-refractivity contribution >= 4 is 43.1 Å². The summed E-state index contributed by atoms with van der Waals surface area (Å²) in [7, 11) is -7.47. The highest BCUT2D eigenvalue weighted by Crippen LogP contribution is 2.23. The number of aromatic nitrogens is 2. The summed E-state index contributed by atoms with van der Waals surface area (Å²) in [6.45, 7) is 5.83. The van der Waals surface area contributed by atoms with Gasteiger partial charge in [0.25, 0.3) is 5.91 Å². The lowest BCUT2D eigenvalue weighted by Crippen LogP contribution is -2.48. The molecule has 1 saturated heterocycles. The van der Waals surface area contributed by atoms with Gasteiger partial charge in [0.05, 0.1) is 34.1 Å². The van der Waals surface area contributed by atoms with Crippen molar-refractivity contribution in [3.8, 4) is 0 Å². The second kappa shape index (κ2) is 10.0. The van der Waals surface area contributed by atoms with Gasteiger partial charge >= 0.3 is 0 Å². The molecule has 10 nitrogen and oxygen atoms in total. The fraction of sp³-hybridized carbons (Fsp3) is 0.450. The van der Waals surface area contributed by atoms with Crippen LogP contribution in [0.4, 0.5) is 5.69 Å². The van der Waals surface area contributed by atoms with E-state index in [4.69, 9.17) is 16.3 Å². The summed E-state index contributed by atoms with van der Waals surface area (Å²) >= 11 is 6.00. The van der Waals surface area contributed by atoms with Crippen LogP contribution in [0.5, 0.6) is 0 Å². The number of nitrogens with one attached hydrogen (secondary N) is 1. The Morgan fingerprint density at radius 3 is 2.33 bits per heavy atom. The Hall–Kier alpha value is -2.12. The zero-order valence-electron chi connectivity index (χ0n) is 18.4. The summed E-state index contributed by atoms with van der Waals surface area (Å²) in [6.07, 6.45) is 0.996. The lowest BCUT2D eigenvalue weighted by atomic mass is 10.3. The predicted molar refractivity (Wildman–Crippen MR) is 123 cm³/mol. The highest BCUT2D eigenvalue weighted by atomic mass is 35.5. The third-order valence-corrected chi connectivity index (χ3v) is 8.65. The van der Waals surface area contributed by atoms with Gasteiger partial charge in [-0.05, 0) is 44.5 Å². The number of sulfone groups is 1. The third-order valence-electron chi connectivity index (χ3n) is 4.82. The molecule has 13 heteroatoms. The minimum absolute atomic E-state index is 0.0785. The number of carbonyl (C=O) groups excluding carboxylic acids is 1. The van der Waals surface area contributed by atoms with Gasteiger partial charge in [-0.15, -0.1) is 0 Å². The first-order valence-corrected chi connectivity index (χ1v) is 13.7. The van der Waals surface area contributed by atoms with Gasteiger partial charge in [-0.1, -0.05) is 18.5 Å². The normalized spacial score (nSPS) is 19.9. The SMILES string of the molecule is CCCS(=O)(=O)c1ncc(Cl)c(C(=O)Nc2ccc(S(=O)(=O)N3CC(C)OC(C)C3)cc2)n1. The molecule has 0 radical (unpaired) electrons. The molecule has 0 aliphatic carbocycles. The van der Waals surface area contributed by atoms with E-state index in [-0.39, 0.29) is 52.3 Å². The van der Waals surface area contributed by atoms with Crippen molar-refractivity contribution in [3.05, 3.63) is 41.2 Å². The number of hydrogen-bond donors (Lipinski definition) is 1. The van der Waals surface area contributed by atoms with Gasteiger partial charge in [0.15, 0.2) is 5.69 Å². The van der Waals surface area contributed by atoms with E-state index in [1.165, 1.54) is 28.6 Å². The van der Waals surface area contributed by atoms with Crippen LogP contribution in [-0.2, 0) is 24.6 Å². The van der Waals surface area contributed by atoms with Crippen LogP contribution in [0, 0.1) is 0 Å². The summed E-state index contributed by atoms with van der Waals surface area (Å²) in [5.74, 6) is -0.909. The number of benzene rings is 1. The number of ether oxygens (including phenoxy) is 1. The molecule has 2 unspecified atom stereocenters. The Morgan fingerprint density at radius 1 is 1.15 bits per heavy atom. The first-order chi connectivity index (χ1) is 15.4. The van der Waals surface area contributed by atoms with Gasteiger partial charge in [0, 0.05) is 18.8 Å². The van der Waals surface area contributed by atoms with Crippen molar-refractivity contribution in [1.29, 1.82) is 0 Å². The largest absolute Gasteiger partial charge is 0.373 e. The molecule has 0 spiro atoms. The lowest BCUT2D eigenvalue weighted by molar-refractivity contribution is -0.0440. The van der Waals surface area contributed by atoms with E-state index in [0.29, 0.717) is 6.42 Å². The average molecular weight is 517 g/mol. The van der Waals surface area contributed by atoms with Crippen LogP contribution in [0.25, 0.3) is 0 Å². The van der Waals surface area contributed by atoms with Crippen LogP contribution in [0.2, 0.25) is 5.02 Å². The summed E-state index contributed by atoms with van der Waals surface area (Å²) in [5.41, 5.74) is -0.00959. The van der Waals surface area contributed by atoms with Crippen LogP contribution in [0.15, 0.2) is 40.5 Å². The molecule has 0 saturated carbocycles. The number of sulfonamides is 1. The Bertz CT molecular complexity index is 1230.